The highest BCUT2D eigenvalue weighted by molar-refractivity contribution is 5.99. The zero-order valence-electron chi connectivity index (χ0n) is 11.7. The zero-order chi connectivity index (χ0) is 13.7. The summed E-state index contributed by atoms with van der Waals surface area (Å²) in [5, 5.41) is 0. The molecule has 1 aromatic carbocycles. The first-order chi connectivity index (χ1) is 9.20. The largest absolute Gasteiger partial charge is 0.376 e. The topological polar surface area (TPSA) is 35.5 Å². The first kappa shape index (κ1) is 14.2. The fourth-order valence-corrected chi connectivity index (χ4v) is 2.24. The van der Waals surface area contributed by atoms with E-state index >= 15 is 0 Å². The predicted molar refractivity (Wildman–Crippen MR) is 74.5 cm³/mol. The lowest BCUT2D eigenvalue weighted by Crippen LogP contribution is -2.25. The van der Waals surface area contributed by atoms with Crippen LogP contribution in [0.3, 0.4) is 0 Å². The Hall–Kier alpha value is -1.19. The Balaban J connectivity index is 1.86. The number of hydrogen-bond acceptors (Lipinski definition) is 3. The summed E-state index contributed by atoms with van der Waals surface area (Å²) >= 11 is 0. The Morgan fingerprint density at radius 2 is 2.16 bits per heavy atom. The van der Waals surface area contributed by atoms with Crippen molar-refractivity contribution in [1.82, 2.24) is 0 Å². The van der Waals surface area contributed by atoms with Gasteiger partial charge in [0.2, 0.25) is 0 Å². The lowest BCUT2D eigenvalue weighted by molar-refractivity contribution is -0.00759. The molecule has 104 valence electrons. The van der Waals surface area contributed by atoms with Gasteiger partial charge in [0.25, 0.3) is 0 Å². The summed E-state index contributed by atoms with van der Waals surface area (Å²) < 4.78 is 11.1. The smallest absolute Gasteiger partial charge is 0.191 e. The molecule has 1 aliphatic rings. The standard InChI is InChI=1S/C16H22O3/c1-3-13-6-8-14(9-7-13)16(17)12(2)19-11-15-5-4-10-18-15/h6-9,12,15H,3-5,10-11H2,1-2H3. The van der Waals surface area contributed by atoms with Gasteiger partial charge in [0.05, 0.1) is 12.7 Å². The molecule has 0 saturated carbocycles. The minimum absolute atomic E-state index is 0.0423. The van der Waals surface area contributed by atoms with Gasteiger partial charge in [-0.15, -0.1) is 0 Å². The van der Waals surface area contributed by atoms with Crippen LogP contribution in [0.4, 0.5) is 0 Å². The molecule has 1 aliphatic heterocycles. The van der Waals surface area contributed by atoms with Gasteiger partial charge in [0.1, 0.15) is 6.10 Å². The average Bonchev–Trinajstić information content (AvgIpc) is 2.97. The second kappa shape index (κ2) is 6.83. The van der Waals surface area contributed by atoms with Crippen LogP contribution in [0.2, 0.25) is 0 Å². The maximum absolute atomic E-state index is 12.2. The Morgan fingerprint density at radius 1 is 1.42 bits per heavy atom. The molecule has 0 N–H and O–H groups in total. The van der Waals surface area contributed by atoms with E-state index in [0.717, 1.165) is 31.4 Å². The number of benzene rings is 1. The Kier molecular flexibility index (Phi) is 5.11. The van der Waals surface area contributed by atoms with Crippen molar-refractivity contribution in [3.05, 3.63) is 35.4 Å². The van der Waals surface area contributed by atoms with E-state index in [-0.39, 0.29) is 11.9 Å². The van der Waals surface area contributed by atoms with Gasteiger partial charge in [-0.1, -0.05) is 31.2 Å². The molecule has 1 aromatic rings. The van der Waals surface area contributed by atoms with Gasteiger partial charge in [0.15, 0.2) is 5.78 Å². The number of aryl methyl sites for hydroxylation is 1. The van der Waals surface area contributed by atoms with Crippen LogP contribution in [0, 0.1) is 0 Å². The molecule has 0 spiro atoms. The molecule has 2 rings (SSSR count). The number of hydrogen-bond donors (Lipinski definition) is 0. The zero-order valence-corrected chi connectivity index (χ0v) is 11.7. The van der Waals surface area contributed by atoms with E-state index in [1.165, 1.54) is 5.56 Å². The van der Waals surface area contributed by atoms with Crippen molar-refractivity contribution in [3.8, 4) is 0 Å². The SMILES string of the molecule is CCc1ccc(C(=O)C(C)OCC2CCCO2)cc1. The van der Waals surface area contributed by atoms with Gasteiger partial charge < -0.3 is 9.47 Å². The van der Waals surface area contributed by atoms with E-state index in [2.05, 4.69) is 6.92 Å². The third-order valence-corrected chi connectivity index (χ3v) is 3.57. The molecule has 1 saturated heterocycles. The molecule has 0 bridgehead atoms. The van der Waals surface area contributed by atoms with Crippen LogP contribution in [0.1, 0.15) is 42.6 Å². The Morgan fingerprint density at radius 3 is 2.74 bits per heavy atom. The van der Waals surface area contributed by atoms with Crippen LogP contribution in [-0.2, 0) is 15.9 Å². The highest BCUT2D eigenvalue weighted by Crippen LogP contribution is 2.14. The van der Waals surface area contributed by atoms with Crippen molar-refractivity contribution < 1.29 is 14.3 Å². The maximum Gasteiger partial charge on any atom is 0.191 e. The first-order valence-electron chi connectivity index (χ1n) is 7.07. The molecule has 0 amide bonds. The van der Waals surface area contributed by atoms with Crippen molar-refractivity contribution in [2.75, 3.05) is 13.2 Å². The van der Waals surface area contributed by atoms with Crippen LogP contribution < -0.4 is 0 Å². The van der Waals surface area contributed by atoms with Crippen LogP contribution >= 0.6 is 0 Å². The van der Waals surface area contributed by atoms with Crippen molar-refractivity contribution in [3.63, 3.8) is 0 Å². The maximum atomic E-state index is 12.2. The molecule has 0 aliphatic carbocycles. The quantitative estimate of drug-likeness (QED) is 0.739. The van der Waals surface area contributed by atoms with E-state index in [9.17, 15) is 4.79 Å². The van der Waals surface area contributed by atoms with Gasteiger partial charge in [-0.25, -0.2) is 0 Å². The molecule has 2 unspecified atom stereocenters. The molecule has 3 heteroatoms. The van der Waals surface area contributed by atoms with Crippen LogP contribution in [-0.4, -0.2) is 31.2 Å². The predicted octanol–water partition coefficient (Wildman–Crippen LogP) is 3.02. The minimum atomic E-state index is -0.406. The van der Waals surface area contributed by atoms with E-state index in [1.54, 1.807) is 0 Å². The van der Waals surface area contributed by atoms with E-state index < -0.39 is 6.10 Å². The summed E-state index contributed by atoms with van der Waals surface area (Å²) in [6.45, 7) is 5.24. The molecule has 0 radical (unpaired) electrons. The summed E-state index contributed by atoms with van der Waals surface area (Å²) in [6, 6.07) is 7.76. The van der Waals surface area contributed by atoms with Gasteiger partial charge >= 0.3 is 0 Å². The van der Waals surface area contributed by atoms with E-state index in [4.69, 9.17) is 9.47 Å². The third kappa shape index (κ3) is 3.88. The van der Waals surface area contributed by atoms with Crippen molar-refractivity contribution in [2.24, 2.45) is 0 Å². The van der Waals surface area contributed by atoms with Gasteiger partial charge in [-0.05, 0) is 31.7 Å². The molecule has 3 nitrogen and oxygen atoms in total. The van der Waals surface area contributed by atoms with Crippen molar-refractivity contribution in [1.29, 1.82) is 0 Å². The highest BCUT2D eigenvalue weighted by Gasteiger charge is 2.20. The minimum Gasteiger partial charge on any atom is -0.376 e. The number of carbonyl (C=O) groups excluding carboxylic acids is 1. The fourth-order valence-electron chi connectivity index (χ4n) is 2.24. The molecule has 0 aromatic heterocycles. The molecule has 1 fully saturated rings. The lowest BCUT2D eigenvalue weighted by atomic mass is 10.0. The Bertz CT molecular complexity index is 405. The normalized spacial score (nSPS) is 20.4. The van der Waals surface area contributed by atoms with E-state index in [1.807, 2.05) is 31.2 Å². The number of carbonyl (C=O) groups is 1. The molecular formula is C16H22O3. The number of ketones is 1. The number of rotatable bonds is 6. The van der Waals surface area contributed by atoms with Crippen LogP contribution in [0.15, 0.2) is 24.3 Å². The monoisotopic (exact) mass is 262 g/mol. The average molecular weight is 262 g/mol. The first-order valence-corrected chi connectivity index (χ1v) is 7.07. The highest BCUT2D eigenvalue weighted by atomic mass is 16.5. The molecular weight excluding hydrogens is 240 g/mol. The lowest BCUT2D eigenvalue weighted by Gasteiger charge is -2.15. The van der Waals surface area contributed by atoms with Gasteiger partial charge in [-0.3, -0.25) is 4.79 Å². The molecule has 19 heavy (non-hydrogen) atoms. The van der Waals surface area contributed by atoms with Crippen molar-refractivity contribution >= 4 is 5.78 Å². The second-order valence-corrected chi connectivity index (χ2v) is 5.03. The van der Waals surface area contributed by atoms with Gasteiger partial charge in [-0.2, -0.15) is 0 Å². The summed E-state index contributed by atoms with van der Waals surface area (Å²) in [7, 11) is 0. The Labute approximate surface area is 114 Å². The summed E-state index contributed by atoms with van der Waals surface area (Å²) in [5.41, 5.74) is 1.96. The van der Waals surface area contributed by atoms with Crippen molar-refractivity contribution in [2.45, 2.75) is 45.3 Å². The molecule has 1 heterocycles. The third-order valence-electron chi connectivity index (χ3n) is 3.57. The van der Waals surface area contributed by atoms with Crippen LogP contribution in [0.5, 0.6) is 0 Å². The molecule has 2 atom stereocenters. The summed E-state index contributed by atoms with van der Waals surface area (Å²) in [6.07, 6.45) is 2.87. The summed E-state index contributed by atoms with van der Waals surface area (Å²) in [5.74, 6) is 0.0423. The van der Waals surface area contributed by atoms with Gasteiger partial charge in [0, 0.05) is 12.2 Å². The number of Topliss-reactive ketones (excluding diaryl/α,β-unsaturated/α-hetero) is 1. The fraction of sp³-hybridized carbons (Fsp3) is 0.562. The second-order valence-electron chi connectivity index (χ2n) is 5.03. The van der Waals surface area contributed by atoms with E-state index in [0.29, 0.717) is 6.61 Å². The van der Waals surface area contributed by atoms with Crippen LogP contribution in [0.25, 0.3) is 0 Å². The number of ether oxygens (including phenoxy) is 2. The summed E-state index contributed by atoms with van der Waals surface area (Å²) in [4.78, 5) is 12.2.